The van der Waals surface area contributed by atoms with Crippen LogP contribution in [0.3, 0.4) is 0 Å². The Hall–Kier alpha value is -4.40. The second-order valence-corrected chi connectivity index (χ2v) is 7.57. The van der Waals surface area contributed by atoms with Gasteiger partial charge >= 0.3 is 0 Å². The Kier molecular flexibility index (Phi) is 9.18. The van der Waals surface area contributed by atoms with Gasteiger partial charge in [-0.3, -0.25) is 19.4 Å². The molecule has 182 valence electrons. The summed E-state index contributed by atoms with van der Waals surface area (Å²) in [5.41, 5.74) is 2.06. The molecule has 0 fully saturated rings. The standard InChI is InChI=1S/C26H28N4O5/c1-34-22-16-21(30-26(33)18-9-4-3-5-10-18)23(35-2)15-20(22)29-25(32)13-8-12-24(31)28-17-19-11-6-7-14-27-19/h3-7,9-11,14-16H,8,12-13,17H2,1-2H3,(H,28,31)(H,29,32)(H,30,33). The maximum Gasteiger partial charge on any atom is 0.255 e. The zero-order chi connectivity index (χ0) is 25.0. The molecule has 0 unspecified atom stereocenters. The van der Waals surface area contributed by atoms with Gasteiger partial charge in [0.2, 0.25) is 11.8 Å². The summed E-state index contributed by atoms with van der Waals surface area (Å²) in [7, 11) is 2.93. The molecule has 0 aliphatic rings. The van der Waals surface area contributed by atoms with Crippen molar-refractivity contribution in [2.24, 2.45) is 0 Å². The van der Waals surface area contributed by atoms with Crippen molar-refractivity contribution >= 4 is 29.1 Å². The second-order valence-electron chi connectivity index (χ2n) is 7.57. The van der Waals surface area contributed by atoms with E-state index in [-0.39, 0.29) is 30.6 Å². The van der Waals surface area contributed by atoms with E-state index >= 15 is 0 Å². The molecular formula is C26H28N4O5. The van der Waals surface area contributed by atoms with Crippen molar-refractivity contribution in [1.82, 2.24) is 10.3 Å². The fourth-order valence-corrected chi connectivity index (χ4v) is 3.28. The van der Waals surface area contributed by atoms with Gasteiger partial charge in [0.05, 0.1) is 37.8 Å². The third-order valence-electron chi connectivity index (χ3n) is 5.08. The highest BCUT2D eigenvalue weighted by atomic mass is 16.5. The lowest BCUT2D eigenvalue weighted by Crippen LogP contribution is -2.23. The number of rotatable bonds is 11. The molecule has 0 spiro atoms. The average Bonchev–Trinajstić information content (AvgIpc) is 2.89. The first-order valence-electron chi connectivity index (χ1n) is 11.1. The number of hydrogen-bond acceptors (Lipinski definition) is 6. The van der Waals surface area contributed by atoms with Crippen molar-refractivity contribution in [2.45, 2.75) is 25.8 Å². The zero-order valence-electron chi connectivity index (χ0n) is 19.7. The van der Waals surface area contributed by atoms with Crippen molar-refractivity contribution in [1.29, 1.82) is 0 Å². The third kappa shape index (κ3) is 7.56. The number of ether oxygens (including phenoxy) is 2. The number of methoxy groups -OCH3 is 2. The van der Waals surface area contributed by atoms with Gasteiger partial charge in [-0.25, -0.2) is 0 Å². The molecule has 0 radical (unpaired) electrons. The molecule has 3 amide bonds. The zero-order valence-corrected chi connectivity index (χ0v) is 19.7. The highest BCUT2D eigenvalue weighted by Gasteiger charge is 2.16. The quantitative estimate of drug-likeness (QED) is 0.388. The molecule has 2 aromatic carbocycles. The molecule has 0 saturated carbocycles. The highest BCUT2D eigenvalue weighted by Crippen LogP contribution is 2.36. The lowest BCUT2D eigenvalue weighted by molar-refractivity contribution is -0.121. The molecule has 1 aromatic heterocycles. The predicted molar refractivity (Wildman–Crippen MR) is 133 cm³/mol. The molecule has 3 rings (SSSR count). The minimum absolute atomic E-state index is 0.148. The number of hydrogen-bond donors (Lipinski definition) is 3. The van der Waals surface area contributed by atoms with Gasteiger partial charge < -0.3 is 25.4 Å². The normalized spacial score (nSPS) is 10.2. The summed E-state index contributed by atoms with van der Waals surface area (Å²) >= 11 is 0. The summed E-state index contributed by atoms with van der Waals surface area (Å²) in [6.07, 6.45) is 2.41. The van der Waals surface area contributed by atoms with E-state index in [0.717, 1.165) is 5.69 Å². The van der Waals surface area contributed by atoms with Crippen LogP contribution in [0.25, 0.3) is 0 Å². The number of nitrogens with one attached hydrogen (secondary N) is 3. The average molecular weight is 477 g/mol. The van der Waals surface area contributed by atoms with E-state index < -0.39 is 0 Å². The van der Waals surface area contributed by atoms with Crippen molar-refractivity contribution in [3.8, 4) is 11.5 Å². The molecule has 0 aliphatic heterocycles. The minimum Gasteiger partial charge on any atom is -0.494 e. The Labute approximate surface area is 203 Å². The van der Waals surface area contributed by atoms with Crippen LogP contribution >= 0.6 is 0 Å². The summed E-state index contributed by atoms with van der Waals surface area (Å²) in [5.74, 6) is -0.0101. The van der Waals surface area contributed by atoms with E-state index in [1.54, 1.807) is 42.6 Å². The number of benzene rings is 2. The number of carbonyl (C=O) groups excluding carboxylic acids is 3. The molecule has 0 aliphatic carbocycles. The lowest BCUT2D eigenvalue weighted by atomic mass is 10.1. The van der Waals surface area contributed by atoms with Gasteiger partial charge in [-0.05, 0) is 30.7 Å². The summed E-state index contributed by atoms with van der Waals surface area (Å²) in [6.45, 7) is 0.343. The van der Waals surface area contributed by atoms with Gasteiger partial charge in [-0.2, -0.15) is 0 Å². The van der Waals surface area contributed by atoms with Crippen LogP contribution in [0.5, 0.6) is 11.5 Å². The molecule has 1 heterocycles. The number of pyridine rings is 1. The highest BCUT2D eigenvalue weighted by molar-refractivity contribution is 6.05. The van der Waals surface area contributed by atoms with Gasteiger partial charge in [0.1, 0.15) is 11.5 Å². The Balaban J connectivity index is 1.55. The Morgan fingerprint density at radius 2 is 1.43 bits per heavy atom. The van der Waals surface area contributed by atoms with E-state index in [2.05, 4.69) is 20.9 Å². The number of carbonyl (C=O) groups is 3. The first-order valence-corrected chi connectivity index (χ1v) is 11.1. The maximum atomic E-state index is 12.5. The number of aromatic nitrogens is 1. The molecule has 35 heavy (non-hydrogen) atoms. The molecule has 0 atom stereocenters. The predicted octanol–water partition coefficient (Wildman–Crippen LogP) is 3.78. The Bertz CT molecular complexity index is 1150. The van der Waals surface area contributed by atoms with E-state index in [9.17, 15) is 14.4 Å². The van der Waals surface area contributed by atoms with Crippen molar-refractivity contribution < 1.29 is 23.9 Å². The van der Waals surface area contributed by atoms with Gasteiger partial charge in [-0.1, -0.05) is 24.3 Å². The molecule has 0 bridgehead atoms. The minimum atomic E-state index is -0.302. The fourth-order valence-electron chi connectivity index (χ4n) is 3.28. The Morgan fingerprint density at radius 1 is 0.800 bits per heavy atom. The van der Waals surface area contributed by atoms with Crippen molar-refractivity contribution in [3.05, 3.63) is 78.1 Å². The lowest BCUT2D eigenvalue weighted by Gasteiger charge is -2.16. The monoisotopic (exact) mass is 476 g/mol. The van der Waals surface area contributed by atoms with Crippen LogP contribution < -0.4 is 25.4 Å². The number of anilines is 2. The fraction of sp³-hybridized carbons (Fsp3) is 0.231. The largest absolute Gasteiger partial charge is 0.494 e. The van der Waals surface area contributed by atoms with E-state index in [1.165, 1.54) is 14.2 Å². The van der Waals surface area contributed by atoms with Gasteiger partial charge in [0.15, 0.2) is 0 Å². The summed E-state index contributed by atoms with van der Waals surface area (Å²) < 4.78 is 10.8. The Morgan fingerprint density at radius 3 is 2.06 bits per heavy atom. The molecule has 3 aromatic rings. The van der Waals surface area contributed by atoms with Gasteiger partial charge in [0.25, 0.3) is 5.91 Å². The summed E-state index contributed by atoms with van der Waals surface area (Å²) in [4.78, 5) is 41.2. The smallest absolute Gasteiger partial charge is 0.255 e. The number of nitrogens with zero attached hydrogens (tertiary/aromatic N) is 1. The van der Waals surface area contributed by atoms with Gasteiger partial charge in [-0.15, -0.1) is 0 Å². The van der Waals surface area contributed by atoms with Crippen LogP contribution in [-0.2, 0) is 16.1 Å². The molecule has 3 N–H and O–H groups in total. The summed E-state index contributed by atoms with van der Waals surface area (Å²) in [5, 5.41) is 8.36. The SMILES string of the molecule is COc1cc(NC(=O)c2ccccc2)c(OC)cc1NC(=O)CCCC(=O)NCc1ccccn1. The molecule has 9 heteroatoms. The van der Waals surface area contributed by atoms with Crippen molar-refractivity contribution in [2.75, 3.05) is 24.9 Å². The third-order valence-corrected chi connectivity index (χ3v) is 5.08. The molecule has 0 saturated heterocycles. The van der Waals surface area contributed by atoms with E-state index in [1.807, 2.05) is 24.3 Å². The van der Waals surface area contributed by atoms with Crippen LogP contribution in [0.4, 0.5) is 11.4 Å². The topological polar surface area (TPSA) is 119 Å². The molecular weight excluding hydrogens is 448 g/mol. The van der Waals surface area contributed by atoms with Crippen LogP contribution in [0.2, 0.25) is 0 Å². The first-order chi connectivity index (χ1) is 17.0. The van der Waals surface area contributed by atoms with Crippen LogP contribution in [0.1, 0.15) is 35.3 Å². The van der Waals surface area contributed by atoms with E-state index in [4.69, 9.17) is 9.47 Å². The van der Waals surface area contributed by atoms with Crippen LogP contribution in [0, 0.1) is 0 Å². The van der Waals surface area contributed by atoms with Gasteiger partial charge in [0, 0.05) is 36.7 Å². The first kappa shape index (κ1) is 25.2. The summed E-state index contributed by atoms with van der Waals surface area (Å²) in [6, 6.07) is 17.4. The maximum absolute atomic E-state index is 12.5. The van der Waals surface area contributed by atoms with Crippen LogP contribution in [-0.4, -0.2) is 36.9 Å². The van der Waals surface area contributed by atoms with E-state index in [0.29, 0.717) is 41.4 Å². The molecule has 9 nitrogen and oxygen atoms in total. The second kappa shape index (κ2) is 12.7. The van der Waals surface area contributed by atoms with Crippen molar-refractivity contribution in [3.63, 3.8) is 0 Å². The van der Waals surface area contributed by atoms with Crippen LogP contribution in [0.15, 0.2) is 66.9 Å². The number of amides is 3.